The van der Waals surface area contributed by atoms with Crippen molar-refractivity contribution >= 4 is 11.4 Å². The normalized spacial score (nSPS) is 12.5. The van der Waals surface area contributed by atoms with E-state index < -0.39 is 4.92 Å². The van der Waals surface area contributed by atoms with Gasteiger partial charge in [0, 0.05) is 17.8 Å². The fourth-order valence-corrected chi connectivity index (χ4v) is 2.43. The number of benzene rings is 1. The molecule has 0 aliphatic carbocycles. The van der Waals surface area contributed by atoms with E-state index in [4.69, 9.17) is 5.26 Å². The van der Waals surface area contributed by atoms with Gasteiger partial charge in [-0.15, -0.1) is 0 Å². The maximum atomic E-state index is 11.3. The lowest BCUT2D eigenvalue weighted by Crippen LogP contribution is -2.22. The Morgan fingerprint density at radius 1 is 1.42 bits per heavy atom. The van der Waals surface area contributed by atoms with E-state index >= 15 is 0 Å². The number of anilines is 1. The minimum atomic E-state index is -0.485. The number of nitrogens with one attached hydrogen (secondary N) is 1. The number of nitro benzene ring substituents is 1. The van der Waals surface area contributed by atoms with E-state index in [1.807, 2.05) is 30.8 Å². The van der Waals surface area contributed by atoms with Crippen LogP contribution in [0.3, 0.4) is 0 Å². The minimum absolute atomic E-state index is 0.109. The molecule has 0 aliphatic rings. The van der Waals surface area contributed by atoms with E-state index in [9.17, 15) is 10.1 Å². The van der Waals surface area contributed by atoms with Crippen LogP contribution >= 0.6 is 0 Å². The Morgan fingerprint density at radius 2 is 2.08 bits per heavy atom. The van der Waals surface area contributed by atoms with Gasteiger partial charge in [-0.2, -0.15) is 10.4 Å². The highest BCUT2D eigenvalue weighted by molar-refractivity contribution is 5.64. The van der Waals surface area contributed by atoms with Gasteiger partial charge < -0.3 is 5.32 Å². The van der Waals surface area contributed by atoms with Crippen LogP contribution in [-0.4, -0.2) is 14.7 Å². The first-order valence-corrected chi connectivity index (χ1v) is 7.65. The summed E-state index contributed by atoms with van der Waals surface area (Å²) < 4.78 is 1.89. The third-order valence-corrected chi connectivity index (χ3v) is 3.79. The molecule has 7 heteroatoms. The molecule has 0 aliphatic heterocycles. The first kappa shape index (κ1) is 17.5. The van der Waals surface area contributed by atoms with Crippen LogP contribution in [-0.2, 0) is 5.54 Å². The van der Waals surface area contributed by atoms with Crippen molar-refractivity contribution in [3.63, 3.8) is 0 Å². The summed E-state index contributed by atoms with van der Waals surface area (Å²) in [5.74, 6) is 0. The number of nitrogens with zero attached hydrogens (tertiary/aromatic N) is 4. The average molecular weight is 327 g/mol. The van der Waals surface area contributed by atoms with Gasteiger partial charge in [0.05, 0.1) is 33.8 Å². The van der Waals surface area contributed by atoms with Gasteiger partial charge in [0.15, 0.2) is 0 Å². The lowest BCUT2D eigenvalue weighted by atomic mass is 10.1. The molecule has 2 rings (SSSR count). The Morgan fingerprint density at radius 3 is 2.58 bits per heavy atom. The van der Waals surface area contributed by atoms with Crippen LogP contribution in [0.5, 0.6) is 0 Å². The van der Waals surface area contributed by atoms with Gasteiger partial charge in [-0.25, -0.2) is 0 Å². The summed E-state index contributed by atoms with van der Waals surface area (Å²) >= 11 is 0. The third-order valence-electron chi connectivity index (χ3n) is 3.79. The van der Waals surface area contributed by atoms with Crippen molar-refractivity contribution in [3.05, 3.63) is 51.3 Å². The lowest BCUT2D eigenvalue weighted by Gasteiger charge is -2.19. The molecule has 7 nitrogen and oxygen atoms in total. The quantitative estimate of drug-likeness (QED) is 0.678. The predicted octanol–water partition coefficient (Wildman–Crippen LogP) is 3.90. The number of nitro groups is 1. The fraction of sp³-hybridized carbons (Fsp3) is 0.412. The highest BCUT2D eigenvalue weighted by Crippen LogP contribution is 2.30. The summed E-state index contributed by atoms with van der Waals surface area (Å²) in [6, 6.07) is 6.17. The fourth-order valence-electron chi connectivity index (χ4n) is 2.43. The van der Waals surface area contributed by atoms with Crippen LogP contribution in [0.4, 0.5) is 11.4 Å². The average Bonchev–Trinajstić information content (AvgIpc) is 2.89. The van der Waals surface area contributed by atoms with Gasteiger partial charge in [0.1, 0.15) is 5.69 Å². The lowest BCUT2D eigenvalue weighted by molar-refractivity contribution is -0.384. The molecule has 0 bridgehead atoms. The van der Waals surface area contributed by atoms with Crippen LogP contribution in [0.2, 0.25) is 0 Å². The number of rotatable bonds is 4. The summed E-state index contributed by atoms with van der Waals surface area (Å²) in [6.45, 7) is 10.0. The maximum absolute atomic E-state index is 11.3. The number of aryl methyl sites for hydroxylation is 1. The third kappa shape index (κ3) is 3.54. The Labute approximate surface area is 141 Å². The number of hydrogen-bond acceptors (Lipinski definition) is 5. The molecule has 0 amide bonds. The van der Waals surface area contributed by atoms with E-state index in [2.05, 4.69) is 31.2 Å². The zero-order chi connectivity index (χ0) is 18.1. The summed E-state index contributed by atoms with van der Waals surface area (Å²) in [5, 5.41) is 27.8. The summed E-state index contributed by atoms with van der Waals surface area (Å²) in [5.41, 5.74) is 2.25. The van der Waals surface area contributed by atoms with Crippen LogP contribution in [0.25, 0.3) is 0 Å². The Bertz CT molecular complexity index is 811. The second-order valence-corrected chi connectivity index (χ2v) is 6.75. The Kier molecular flexibility index (Phi) is 4.60. The highest BCUT2D eigenvalue weighted by Gasteiger charge is 2.21. The zero-order valence-electron chi connectivity index (χ0n) is 14.5. The molecule has 0 spiro atoms. The van der Waals surface area contributed by atoms with E-state index in [1.54, 1.807) is 12.1 Å². The smallest absolute Gasteiger partial charge is 0.293 e. The second kappa shape index (κ2) is 6.32. The van der Waals surface area contributed by atoms with Gasteiger partial charge in [0.2, 0.25) is 0 Å². The van der Waals surface area contributed by atoms with Crippen LogP contribution in [0, 0.1) is 28.4 Å². The van der Waals surface area contributed by atoms with Crippen molar-refractivity contribution in [2.75, 3.05) is 5.32 Å². The van der Waals surface area contributed by atoms with Crippen molar-refractivity contribution in [1.82, 2.24) is 9.78 Å². The maximum Gasteiger partial charge on any atom is 0.293 e. The molecule has 1 aromatic carbocycles. The molecule has 2 aromatic rings. The topological polar surface area (TPSA) is 96.8 Å². The van der Waals surface area contributed by atoms with Crippen molar-refractivity contribution in [2.45, 2.75) is 46.2 Å². The van der Waals surface area contributed by atoms with Crippen molar-refractivity contribution in [1.29, 1.82) is 5.26 Å². The van der Waals surface area contributed by atoms with E-state index in [1.165, 1.54) is 6.07 Å². The van der Waals surface area contributed by atoms with Gasteiger partial charge in [0.25, 0.3) is 5.69 Å². The molecule has 1 atom stereocenters. The van der Waals surface area contributed by atoms with E-state index in [-0.39, 0.29) is 22.8 Å². The van der Waals surface area contributed by atoms with Crippen molar-refractivity contribution < 1.29 is 4.92 Å². The predicted molar refractivity (Wildman–Crippen MR) is 91.8 cm³/mol. The van der Waals surface area contributed by atoms with Crippen LogP contribution < -0.4 is 5.32 Å². The number of aromatic nitrogens is 2. The molecule has 1 N–H and O–H groups in total. The van der Waals surface area contributed by atoms with Gasteiger partial charge in [-0.05, 0) is 46.8 Å². The second-order valence-electron chi connectivity index (χ2n) is 6.75. The SMILES string of the molecule is Cc1nn(C(C)(C)C)cc1C(C)Nc1ccc(C#N)cc1[N+](=O)[O-]. The monoisotopic (exact) mass is 327 g/mol. The molecule has 24 heavy (non-hydrogen) atoms. The Hall–Kier alpha value is -2.88. The number of hydrogen-bond donors (Lipinski definition) is 1. The molecule has 0 fully saturated rings. The molecule has 0 saturated heterocycles. The minimum Gasteiger partial charge on any atom is -0.373 e. The van der Waals surface area contributed by atoms with Gasteiger partial charge in [-0.1, -0.05) is 0 Å². The van der Waals surface area contributed by atoms with E-state index in [0.29, 0.717) is 5.69 Å². The molecule has 1 heterocycles. The molecule has 1 unspecified atom stereocenters. The highest BCUT2D eigenvalue weighted by atomic mass is 16.6. The Balaban J connectivity index is 2.34. The molecular weight excluding hydrogens is 306 g/mol. The van der Waals surface area contributed by atoms with Crippen LogP contribution in [0.15, 0.2) is 24.4 Å². The standard InChI is InChI=1S/C17H21N5O2/c1-11(14-10-21(17(3,4)5)20-12(14)2)19-15-7-6-13(9-18)8-16(15)22(23)24/h6-8,10-11,19H,1-5H3. The first-order valence-electron chi connectivity index (χ1n) is 7.65. The molecular formula is C17H21N5O2. The largest absolute Gasteiger partial charge is 0.373 e. The summed E-state index contributed by atoms with van der Waals surface area (Å²) in [6.07, 6.45) is 1.96. The first-order chi connectivity index (χ1) is 11.1. The molecule has 126 valence electrons. The van der Waals surface area contributed by atoms with Gasteiger partial charge in [-0.3, -0.25) is 14.8 Å². The van der Waals surface area contributed by atoms with E-state index in [0.717, 1.165) is 11.3 Å². The molecule has 1 aromatic heterocycles. The summed E-state index contributed by atoms with van der Waals surface area (Å²) in [7, 11) is 0. The summed E-state index contributed by atoms with van der Waals surface area (Å²) in [4.78, 5) is 10.8. The van der Waals surface area contributed by atoms with Crippen molar-refractivity contribution in [3.8, 4) is 6.07 Å². The molecule has 0 saturated carbocycles. The van der Waals surface area contributed by atoms with Gasteiger partial charge >= 0.3 is 0 Å². The molecule has 0 radical (unpaired) electrons. The van der Waals surface area contributed by atoms with Crippen molar-refractivity contribution in [2.24, 2.45) is 0 Å². The van der Waals surface area contributed by atoms with Crippen LogP contribution in [0.1, 0.15) is 50.6 Å². The number of nitriles is 1. The zero-order valence-corrected chi connectivity index (χ0v) is 14.5.